The lowest BCUT2D eigenvalue weighted by atomic mass is 10.1. The summed E-state index contributed by atoms with van der Waals surface area (Å²) in [4.78, 5) is 30.4. The van der Waals surface area contributed by atoms with Gasteiger partial charge in [0.1, 0.15) is 0 Å². The average Bonchev–Trinajstić information content (AvgIpc) is 3.48. The highest BCUT2D eigenvalue weighted by molar-refractivity contribution is 5.83. The van der Waals surface area contributed by atoms with Gasteiger partial charge in [-0.15, -0.1) is 0 Å². The van der Waals surface area contributed by atoms with Crippen molar-refractivity contribution in [3.05, 3.63) is 70.0 Å². The van der Waals surface area contributed by atoms with Gasteiger partial charge in [0, 0.05) is 36.7 Å². The standard InChI is InChI=1S/C24H25N3O5/c28-23-18(9-17-10-21-22(32-15-31-21)11-20(17)26-23)13-27(14-19-7-4-8-30-19)24(29)25-12-16-5-2-1-3-6-16/h1-3,5-6,9-11,19H,4,7-8,12-15H2,(H,25,29)(H,26,28)/t19-/m0/s1. The number of ether oxygens (including phenoxy) is 3. The van der Waals surface area contributed by atoms with Gasteiger partial charge in [0.25, 0.3) is 5.56 Å². The number of nitrogens with one attached hydrogen (secondary N) is 2. The fourth-order valence-corrected chi connectivity index (χ4v) is 4.10. The fourth-order valence-electron chi connectivity index (χ4n) is 4.10. The van der Waals surface area contributed by atoms with E-state index in [0.717, 1.165) is 23.8 Å². The average molecular weight is 435 g/mol. The molecule has 3 aromatic rings. The third-order valence-corrected chi connectivity index (χ3v) is 5.80. The molecule has 0 unspecified atom stereocenters. The number of benzene rings is 2. The molecule has 0 radical (unpaired) electrons. The maximum Gasteiger partial charge on any atom is 0.318 e. The third kappa shape index (κ3) is 4.40. The van der Waals surface area contributed by atoms with Crippen LogP contribution in [0.4, 0.5) is 4.79 Å². The highest BCUT2D eigenvalue weighted by Crippen LogP contribution is 2.35. The van der Waals surface area contributed by atoms with Gasteiger partial charge in [0.2, 0.25) is 6.79 Å². The number of urea groups is 1. The monoisotopic (exact) mass is 435 g/mol. The second kappa shape index (κ2) is 8.92. The van der Waals surface area contributed by atoms with Crippen molar-refractivity contribution >= 4 is 16.9 Å². The zero-order valence-electron chi connectivity index (χ0n) is 17.6. The maximum atomic E-state index is 13.0. The number of rotatable bonds is 6. The zero-order valence-corrected chi connectivity index (χ0v) is 17.6. The van der Waals surface area contributed by atoms with Gasteiger partial charge in [0.15, 0.2) is 11.5 Å². The molecule has 0 bridgehead atoms. The van der Waals surface area contributed by atoms with E-state index < -0.39 is 0 Å². The van der Waals surface area contributed by atoms with Crippen molar-refractivity contribution in [1.29, 1.82) is 0 Å². The number of hydrogen-bond donors (Lipinski definition) is 2. The van der Waals surface area contributed by atoms with Crippen LogP contribution in [-0.4, -0.2) is 42.0 Å². The second-order valence-electron chi connectivity index (χ2n) is 8.08. The number of fused-ring (bicyclic) bond motifs is 2. The van der Waals surface area contributed by atoms with E-state index in [-0.39, 0.29) is 31.0 Å². The molecule has 2 aromatic carbocycles. The number of H-pyrrole nitrogens is 1. The summed E-state index contributed by atoms with van der Waals surface area (Å²) in [6.45, 7) is 1.89. The molecule has 32 heavy (non-hydrogen) atoms. The van der Waals surface area contributed by atoms with E-state index in [4.69, 9.17) is 14.2 Å². The lowest BCUT2D eigenvalue weighted by Gasteiger charge is -2.25. The van der Waals surface area contributed by atoms with E-state index in [1.165, 1.54) is 0 Å². The number of aromatic amines is 1. The largest absolute Gasteiger partial charge is 0.454 e. The Hall–Kier alpha value is -3.52. The molecule has 1 atom stereocenters. The molecule has 1 fully saturated rings. The molecule has 2 aliphatic heterocycles. The van der Waals surface area contributed by atoms with E-state index in [9.17, 15) is 9.59 Å². The van der Waals surface area contributed by atoms with Crippen molar-refractivity contribution in [2.24, 2.45) is 0 Å². The minimum absolute atomic E-state index is 0.0224. The van der Waals surface area contributed by atoms with Crippen molar-refractivity contribution in [2.45, 2.75) is 32.0 Å². The minimum Gasteiger partial charge on any atom is -0.454 e. The molecule has 2 amide bonds. The van der Waals surface area contributed by atoms with E-state index in [1.54, 1.807) is 11.0 Å². The Balaban J connectivity index is 1.37. The predicted molar refractivity (Wildman–Crippen MR) is 119 cm³/mol. The van der Waals surface area contributed by atoms with Gasteiger partial charge in [0.05, 0.1) is 18.2 Å². The summed E-state index contributed by atoms with van der Waals surface area (Å²) in [5.74, 6) is 1.26. The van der Waals surface area contributed by atoms with Crippen molar-refractivity contribution in [3.63, 3.8) is 0 Å². The molecule has 3 heterocycles. The smallest absolute Gasteiger partial charge is 0.318 e. The Morgan fingerprint density at radius 2 is 1.94 bits per heavy atom. The summed E-state index contributed by atoms with van der Waals surface area (Å²) < 4.78 is 16.6. The van der Waals surface area contributed by atoms with E-state index in [1.807, 2.05) is 42.5 Å². The molecule has 1 saturated heterocycles. The SMILES string of the molecule is O=C(NCc1ccccc1)N(Cc1cc2cc3c(cc2[nH]c1=O)OCO3)C[C@@H]1CCCO1. The lowest BCUT2D eigenvalue weighted by Crippen LogP contribution is -2.43. The molecular formula is C24H25N3O5. The quantitative estimate of drug-likeness (QED) is 0.621. The predicted octanol–water partition coefficient (Wildman–Crippen LogP) is 3.15. The highest BCUT2D eigenvalue weighted by Gasteiger charge is 2.24. The second-order valence-corrected chi connectivity index (χ2v) is 8.08. The van der Waals surface area contributed by atoms with Crippen molar-refractivity contribution < 1.29 is 19.0 Å². The van der Waals surface area contributed by atoms with Gasteiger partial charge in [-0.2, -0.15) is 0 Å². The Kier molecular flexibility index (Phi) is 5.68. The summed E-state index contributed by atoms with van der Waals surface area (Å²) in [7, 11) is 0. The summed E-state index contributed by atoms with van der Waals surface area (Å²) >= 11 is 0. The highest BCUT2D eigenvalue weighted by atomic mass is 16.7. The molecule has 2 N–H and O–H groups in total. The first-order chi connectivity index (χ1) is 15.7. The van der Waals surface area contributed by atoms with Crippen molar-refractivity contribution in [2.75, 3.05) is 19.9 Å². The summed E-state index contributed by atoms with van der Waals surface area (Å²) in [6, 6.07) is 14.9. The lowest BCUT2D eigenvalue weighted by molar-refractivity contribution is 0.0793. The van der Waals surface area contributed by atoms with Gasteiger partial charge < -0.3 is 29.4 Å². The molecule has 0 saturated carbocycles. The fraction of sp³-hybridized carbons (Fsp3) is 0.333. The van der Waals surface area contributed by atoms with Crippen LogP contribution in [0.15, 0.2) is 53.3 Å². The number of carbonyl (C=O) groups is 1. The first-order valence-corrected chi connectivity index (χ1v) is 10.8. The van der Waals surface area contributed by atoms with Gasteiger partial charge in [-0.3, -0.25) is 4.79 Å². The van der Waals surface area contributed by atoms with Crippen LogP contribution in [-0.2, 0) is 17.8 Å². The first-order valence-electron chi connectivity index (χ1n) is 10.8. The van der Waals surface area contributed by atoms with Crippen LogP contribution in [0, 0.1) is 0 Å². The zero-order chi connectivity index (χ0) is 21.9. The molecule has 0 aliphatic carbocycles. The Labute approximate surface area is 185 Å². The Morgan fingerprint density at radius 1 is 1.12 bits per heavy atom. The molecule has 166 valence electrons. The van der Waals surface area contributed by atoms with Gasteiger partial charge in [-0.25, -0.2) is 4.79 Å². The van der Waals surface area contributed by atoms with Crippen LogP contribution in [0.2, 0.25) is 0 Å². The van der Waals surface area contributed by atoms with E-state index in [2.05, 4.69) is 10.3 Å². The minimum atomic E-state index is -0.232. The van der Waals surface area contributed by atoms with Gasteiger partial charge in [-0.05, 0) is 30.5 Å². The van der Waals surface area contributed by atoms with E-state index in [0.29, 0.717) is 42.3 Å². The summed E-state index contributed by atoms with van der Waals surface area (Å²) in [5.41, 5.74) is 1.95. The maximum absolute atomic E-state index is 13.0. The molecule has 0 spiro atoms. The molecule has 5 rings (SSSR count). The summed E-state index contributed by atoms with van der Waals surface area (Å²) in [6.07, 6.45) is 1.86. The molecule has 1 aromatic heterocycles. The molecule has 2 aliphatic rings. The number of aromatic nitrogens is 1. The van der Waals surface area contributed by atoms with Crippen LogP contribution >= 0.6 is 0 Å². The molecular weight excluding hydrogens is 410 g/mol. The van der Waals surface area contributed by atoms with Crippen LogP contribution in [0.3, 0.4) is 0 Å². The molecule has 8 heteroatoms. The van der Waals surface area contributed by atoms with Crippen LogP contribution in [0.5, 0.6) is 11.5 Å². The number of carbonyl (C=O) groups excluding carboxylic acids is 1. The van der Waals surface area contributed by atoms with Gasteiger partial charge >= 0.3 is 6.03 Å². The normalized spacial score (nSPS) is 16.9. The van der Waals surface area contributed by atoms with Crippen molar-refractivity contribution in [3.8, 4) is 11.5 Å². The Morgan fingerprint density at radius 3 is 2.72 bits per heavy atom. The number of nitrogens with zero attached hydrogens (tertiary/aromatic N) is 1. The topological polar surface area (TPSA) is 92.9 Å². The third-order valence-electron chi connectivity index (χ3n) is 5.80. The number of amides is 2. The van der Waals surface area contributed by atoms with Crippen LogP contribution < -0.4 is 20.3 Å². The first kappa shape index (κ1) is 20.4. The van der Waals surface area contributed by atoms with Crippen molar-refractivity contribution in [1.82, 2.24) is 15.2 Å². The van der Waals surface area contributed by atoms with Crippen LogP contribution in [0.25, 0.3) is 10.9 Å². The number of pyridine rings is 1. The van der Waals surface area contributed by atoms with Crippen LogP contribution in [0.1, 0.15) is 24.0 Å². The Bertz CT molecular complexity index is 1170. The number of hydrogen-bond acceptors (Lipinski definition) is 5. The van der Waals surface area contributed by atoms with Gasteiger partial charge in [-0.1, -0.05) is 30.3 Å². The molecule has 8 nitrogen and oxygen atoms in total. The van der Waals surface area contributed by atoms with E-state index >= 15 is 0 Å². The summed E-state index contributed by atoms with van der Waals surface area (Å²) in [5, 5.41) is 3.79.